The van der Waals surface area contributed by atoms with E-state index in [0.29, 0.717) is 6.61 Å². The summed E-state index contributed by atoms with van der Waals surface area (Å²) in [5.74, 6) is 0.824. The van der Waals surface area contributed by atoms with Crippen molar-refractivity contribution in [2.24, 2.45) is 0 Å². The highest BCUT2D eigenvalue weighted by Crippen LogP contribution is 2.24. The summed E-state index contributed by atoms with van der Waals surface area (Å²) in [7, 11) is 0. The van der Waals surface area contributed by atoms with Crippen LogP contribution in [-0.4, -0.2) is 15.4 Å². The highest BCUT2D eigenvalue weighted by Gasteiger charge is 2.05. The second kappa shape index (κ2) is 3.93. The zero-order valence-corrected chi connectivity index (χ0v) is 9.30. The van der Waals surface area contributed by atoms with E-state index in [-0.39, 0.29) is 0 Å². The lowest BCUT2D eigenvalue weighted by Gasteiger charge is -2.07. The first-order chi connectivity index (χ1) is 8.33. The number of H-pyrrole nitrogens is 1. The molecule has 0 fully saturated rings. The molecule has 5 nitrogen and oxygen atoms in total. The standard InChI is InChI=1S/C12H11N3O2/c1-8-4-9-6-13-14-11(9)5-12(8)16-7-10-2-3-17-15-10/h2-6H,7H2,1H3,(H,13,14). The van der Waals surface area contributed by atoms with Crippen molar-refractivity contribution < 1.29 is 9.26 Å². The largest absolute Gasteiger partial charge is 0.487 e. The van der Waals surface area contributed by atoms with E-state index in [4.69, 9.17) is 9.26 Å². The van der Waals surface area contributed by atoms with Gasteiger partial charge in [-0.2, -0.15) is 5.10 Å². The molecule has 17 heavy (non-hydrogen) atoms. The van der Waals surface area contributed by atoms with E-state index in [9.17, 15) is 0 Å². The predicted octanol–water partition coefficient (Wildman–Crippen LogP) is 2.44. The van der Waals surface area contributed by atoms with E-state index < -0.39 is 0 Å². The maximum Gasteiger partial charge on any atom is 0.134 e. The number of rotatable bonds is 3. The van der Waals surface area contributed by atoms with Crippen LogP contribution in [0.3, 0.4) is 0 Å². The van der Waals surface area contributed by atoms with Gasteiger partial charge in [0.1, 0.15) is 24.3 Å². The minimum atomic E-state index is 0.400. The van der Waals surface area contributed by atoms with Crippen molar-refractivity contribution in [3.63, 3.8) is 0 Å². The molecule has 86 valence electrons. The molecular weight excluding hydrogens is 218 g/mol. The van der Waals surface area contributed by atoms with Crippen LogP contribution in [0.2, 0.25) is 0 Å². The first-order valence-corrected chi connectivity index (χ1v) is 5.29. The molecule has 0 aliphatic carbocycles. The van der Waals surface area contributed by atoms with Crippen molar-refractivity contribution in [1.82, 2.24) is 15.4 Å². The van der Waals surface area contributed by atoms with E-state index in [1.54, 1.807) is 12.3 Å². The van der Waals surface area contributed by atoms with Crippen molar-refractivity contribution in [1.29, 1.82) is 0 Å². The Balaban J connectivity index is 1.86. The number of hydrogen-bond donors (Lipinski definition) is 1. The molecule has 0 radical (unpaired) electrons. The van der Waals surface area contributed by atoms with Gasteiger partial charge in [-0.1, -0.05) is 5.16 Å². The number of ether oxygens (including phenoxy) is 1. The smallest absolute Gasteiger partial charge is 0.134 e. The summed E-state index contributed by atoms with van der Waals surface area (Å²) in [5.41, 5.74) is 2.81. The van der Waals surface area contributed by atoms with E-state index in [1.165, 1.54) is 6.26 Å². The molecular formula is C12H11N3O2. The Morgan fingerprint density at radius 3 is 3.18 bits per heavy atom. The molecule has 0 saturated heterocycles. The van der Waals surface area contributed by atoms with Gasteiger partial charge in [0, 0.05) is 17.5 Å². The van der Waals surface area contributed by atoms with E-state index in [0.717, 1.165) is 27.9 Å². The Morgan fingerprint density at radius 1 is 1.41 bits per heavy atom. The number of benzene rings is 1. The molecule has 2 heterocycles. The van der Waals surface area contributed by atoms with Crippen molar-refractivity contribution in [2.45, 2.75) is 13.5 Å². The monoisotopic (exact) mass is 229 g/mol. The average Bonchev–Trinajstić information content (AvgIpc) is 2.95. The Kier molecular flexibility index (Phi) is 2.29. The lowest BCUT2D eigenvalue weighted by Crippen LogP contribution is -1.97. The normalized spacial score (nSPS) is 10.9. The van der Waals surface area contributed by atoms with Gasteiger partial charge in [0.15, 0.2) is 0 Å². The van der Waals surface area contributed by atoms with Crippen molar-refractivity contribution >= 4 is 10.9 Å². The number of aromatic nitrogens is 3. The molecule has 0 saturated carbocycles. The Hall–Kier alpha value is -2.30. The summed E-state index contributed by atoms with van der Waals surface area (Å²) in [6, 6.07) is 5.76. The van der Waals surface area contributed by atoms with Crippen molar-refractivity contribution in [3.05, 3.63) is 41.9 Å². The van der Waals surface area contributed by atoms with Gasteiger partial charge in [-0.05, 0) is 18.6 Å². The number of fused-ring (bicyclic) bond motifs is 1. The first kappa shape index (κ1) is 9.89. The van der Waals surface area contributed by atoms with Crippen LogP contribution in [0.4, 0.5) is 0 Å². The quantitative estimate of drug-likeness (QED) is 0.749. The number of aryl methyl sites for hydroxylation is 1. The summed E-state index contributed by atoms with van der Waals surface area (Å²) in [4.78, 5) is 0. The minimum absolute atomic E-state index is 0.400. The van der Waals surface area contributed by atoms with E-state index in [1.807, 2.05) is 19.1 Å². The SMILES string of the molecule is Cc1cc2cn[nH]c2cc1OCc1ccon1. The Bertz CT molecular complexity index is 628. The predicted molar refractivity (Wildman–Crippen MR) is 61.7 cm³/mol. The van der Waals surface area contributed by atoms with Crippen LogP contribution >= 0.6 is 0 Å². The van der Waals surface area contributed by atoms with Crippen LogP contribution in [0, 0.1) is 6.92 Å². The van der Waals surface area contributed by atoms with Gasteiger partial charge in [-0.25, -0.2) is 0 Å². The van der Waals surface area contributed by atoms with Gasteiger partial charge in [-0.3, -0.25) is 5.10 Å². The highest BCUT2D eigenvalue weighted by molar-refractivity contribution is 5.80. The fourth-order valence-electron chi connectivity index (χ4n) is 1.70. The average molecular weight is 229 g/mol. The number of hydrogen-bond acceptors (Lipinski definition) is 4. The van der Waals surface area contributed by atoms with E-state index in [2.05, 4.69) is 15.4 Å². The molecule has 0 unspecified atom stereocenters. The van der Waals surface area contributed by atoms with Crippen LogP contribution in [0.1, 0.15) is 11.3 Å². The maximum absolute atomic E-state index is 5.69. The molecule has 0 bridgehead atoms. The summed E-state index contributed by atoms with van der Waals surface area (Å²) >= 11 is 0. The molecule has 0 spiro atoms. The number of nitrogens with one attached hydrogen (secondary N) is 1. The minimum Gasteiger partial charge on any atom is -0.487 e. The molecule has 1 N–H and O–H groups in total. The topological polar surface area (TPSA) is 63.9 Å². The third kappa shape index (κ3) is 1.87. The fraction of sp³-hybridized carbons (Fsp3) is 0.167. The lowest BCUT2D eigenvalue weighted by molar-refractivity contribution is 0.288. The van der Waals surface area contributed by atoms with Gasteiger partial charge in [0.2, 0.25) is 0 Å². The molecule has 0 amide bonds. The number of aromatic amines is 1. The zero-order chi connectivity index (χ0) is 11.7. The van der Waals surface area contributed by atoms with Crippen LogP contribution in [0.25, 0.3) is 10.9 Å². The van der Waals surface area contributed by atoms with Crippen molar-refractivity contribution in [2.75, 3.05) is 0 Å². The molecule has 5 heteroatoms. The highest BCUT2D eigenvalue weighted by atomic mass is 16.5. The fourth-order valence-corrected chi connectivity index (χ4v) is 1.70. The van der Waals surface area contributed by atoms with Crippen LogP contribution in [0.5, 0.6) is 5.75 Å². The van der Waals surface area contributed by atoms with Crippen molar-refractivity contribution in [3.8, 4) is 5.75 Å². The zero-order valence-electron chi connectivity index (χ0n) is 9.30. The first-order valence-electron chi connectivity index (χ1n) is 5.29. The Morgan fingerprint density at radius 2 is 2.35 bits per heavy atom. The maximum atomic E-state index is 5.69. The molecule has 0 aliphatic rings. The van der Waals surface area contributed by atoms with Gasteiger partial charge in [-0.15, -0.1) is 0 Å². The van der Waals surface area contributed by atoms with Gasteiger partial charge < -0.3 is 9.26 Å². The summed E-state index contributed by atoms with van der Waals surface area (Å²) in [6.07, 6.45) is 3.33. The summed E-state index contributed by atoms with van der Waals surface area (Å²) in [6.45, 7) is 2.40. The second-order valence-electron chi connectivity index (χ2n) is 3.85. The van der Waals surface area contributed by atoms with Gasteiger partial charge >= 0.3 is 0 Å². The molecule has 0 aliphatic heterocycles. The molecule has 1 aromatic carbocycles. The van der Waals surface area contributed by atoms with Gasteiger partial charge in [0.05, 0.1) is 11.7 Å². The van der Waals surface area contributed by atoms with Crippen LogP contribution in [0.15, 0.2) is 35.2 Å². The van der Waals surface area contributed by atoms with Crippen LogP contribution in [-0.2, 0) is 6.61 Å². The summed E-state index contributed by atoms with van der Waals surface area (Å²) in [5, 5.41) is 11.8. The molecule has 2 aromatic heterocycles. The summed E-state index contributed by atoms with van der Waals surface area (Å²) < 4.78 is 10.4. The van der Waals surface area contributed by atoms with Gasteiger partial charge in [0.25, 0.3) is 0 Å². The van der Waals surface area contributed by atoms with Crippen LogP contribution < -0.4 is 4.74 Å². The molecule has 0 atom stereocenters. The molecule has 3 aromatic rings. The lowest BCUT2D eigenvalue weighted by atomic mass is 10.1. The van der Waals surface area contributed by atoms with E-state index >= 15 is 0 Å². The number of nitrogens with zero attached hydrogens (tertiary/aromatic N) is 2. The third-order valence-corrected chi connectivity index (χ3v) is 2.60. The molecule has 3 rings (SSSR count). The second-order valence-corrected chi connectivity index (χ2v) is 3.85. The Labute approximate surface area is 97.4 Å². The third-order valence-electron chi connectivity index (χ3n) is 2.60.